The molecule has 0 fully saturated rings. The summed E-state index contributed by atoms with van der Waals surface area (Å²) in [5.74, 6) is 0.712. The SMILES string of the molecule is CCCC1CCCCCCCCc2cccnc21. The van der Waals surface area contributed by atoms with Gasteiger partial charge in [-0.2, -0.15) is 0 Å². The van der Waals surface area contributed by atoms with Crippen LogP contribution in [0.25, 0.3) is 0 Å². The summed E-state index contributed by atoms with van der Waals surface area (Å²) in [5.41, 5.74) is 2.94. The Bertz CT molecular complexity index is 345. The Morgan fingerprint density at radius 1 is 1.11 bits per heavy atom. The Morgan fingerprint density at radius 2 is 1.89 bits per heavy atom. The van der Waals surface area contributed by atoms with Gasteiger partial charge in [0, 0.05) is 17.8 Å². The zero-order valence-electron chi connectivity index (χ0n) is 11.8. The van der Waals surface area contributed by atoms with Gasteiger partial charge in [-0.15, -0.1) is 0 Å². The van der Waals surface area contributed by atoms with Crippen molar-refractivity contribution < 1.29 is 0 Å². The lowest BCUT2D eigenvalue weighted by atomic mass is 9.89. The van der Waals surface area contributed by atoms with Crippen molar-refractivity contribution in [3.8, 4) is 0 Å². The molecule has 1 aliphatic rings. The fourth-order valence-corrected chi connectivity index (χ4v) is 3.21. The zero-order valence-corrected chi connectivity index (χ0v) is 11.8. The third-order valence-electron chi connectivity index (χ3n) is 4.20. The summed E-state index contributed by atoms with van der Waals surface area (Å²) in [6.07, 6.45) is 15.6. The Morgan fingerprint density at radius 3 is 2.72 bits per heavy atom. The first-order chi connectivity index (χ1) is 8.92. The van der Waals surface area contributed by atoms with Gasteiger partial charge < -0.3 is 0 Å². The maximum atomic E-state index is 4.72. The van der Waals surface area contributed by atoms with E-state index >= 15 is 0 Å². The Hall–Kier alpha value is -0.850. The second-order valence-corrected chi connectivity index (χ2v) is 5.69. The van der Waals surface area contributed by atoms with Gasteiger partial charge >= 0.3 is 0 Å². The lowest BCUT2D eigenvalue weighted by molar-refractivity contribution is 0.508. The number of hydrogen-bond donors (Lipinski definition) is 0. The van der Waals surface area contributed by atoms with Crippen LogP contribution in [-0.2, 0) is 6.42 Å². The predicted molar refractivity (Wildman–Crippen MR) is 77.9 cm³/mol. The van der Waals surface area contributed by atoms with E-state index in [-0.39, 0.29) is 0 Å². The largest absolute Gasteiger partial charge is 0.261 e. The van der Waals surface area contributed by atoms with Crippen LogP contribution in [0, 0.1) is 0 Å². The molecule has 1 unspecified atom stereocenters. The standard InChI is InChI=1S/C17H27N/c1-2-10-15-11-7-5-3-4-6-8-12-16-13-9-14-18-17(15)16/h9,13-15H,2-8,10-12H2,1H3. The topological polar surface area (TPSA) is 12.9 Å². The molecule has 0 saturated heterocycles. The molecule has 0 spiro atoms. The normalized spacial score (nSPS) is 21.9. The molecule has 1 atom stereocenters. The van der Waals surface area contributed by atoms with Gasteiger partial charge in [-0.1, -0.05) is 51.5 Å². The first-order valence-electron chi connectivity index (χ1n) is 7.85. The quantitative estimate of drug-likeness (QED) is 0.693. The molecule has 0 amide bonds. The molecule has 1 aliphatic carbocycles. The summed E-state index contributed by atoms with van der Waals surface area (Å²) in [6, 6.07) is 4.42. The van der Waals surface area contributed by atoms with E-state index in [1.807, 2.05) is 6.20 Å². The third kappa shape index (κ3) is 3.83. The predicted octanol–water partition coefficient (Wildman–Crippen LogP) is 5.25. The van der Waals surface area contributed by atoms with Crippen LogP contribution in [0.3, 0.4) is 0 Å². The number of fused-ring (bicyclic) bond motifs is 1. The lowest BCUT2D eigenvalue weighted by Gasteiger charge is -2.18. The number of aromatic nitrogens is 1. The molecular formula is C17H27N. The van der Waals surface area contributed by atoms with E-state index in [1.165, 1.54) is 75.5 Å². The number of rotatable bonds is 2. The van der Waals surface area contributed by atoms with Crippen LogP contribution < -0.4 is 0 Å². The van der Waals surface area contributed by atoms with Crippen LogP contribution >= 0.6 is 0 Å². The molecule has 0 bridgehead atoms. The molecule has 0 N–H and O–H groups in total. The summed E-state index contributed by atoms with van der Waals surface area (Å²) in [7, 11) is 0. The highest BCUT2D eigenvalue weighted by atomic mass is 14.7. The van der Waals surface area contributed by atoms with Gasteiger partial charge in [0.05, 0.1) is 0 Å². The number of aryl methyl sites for hydroxylation is 1. The van der Waals surface area contributed by atoms with Gasteiger partial charge in [-0.3, -0.25) is 4.98 Å². The van der Waals surface area contributed by atoms with Crippen LogP contribution in [0.5, 0.6) is 0 Å². The molecule has 18 heavy (non-hydrogen) atoms. The Kier molecular flexibility index (Phi) is 5.70. The summed E-state index contributed by atoms with van der Waals surface area (Å²) in [6.45, 7) is 2.30. The van der Waals surface area contributed by atoms with Crippen molar-refractivity contribution in [3.63, 3.8) is 0 Å². The number of hydrogen-bond acceptors (Lipinski definition) is 1. The average Bonchev–Trinajstić information content (AvgIpc) is 2.44. The second kappa shape index (κ2) is 7.56. The number of pyridine rings is 1. The lowest BCUT2D eigenvalue weighted by Crippen LogP contribution is -2.06. The van der Waals surface area contributed by atoms with Crippen molar-refractivity contribution in [2.75, 3.05) is 0 Å². The van der Waals surface area contributed by atoms with Crippen molar-refractivity contribution in [2.45, 2.75) is 77.0 Å². The molecule has 1 aromatic rings. The molecule has 1 heteroatoms. The highest BCUT2D eigenvalue weighted by molar-refractivity contribution is 5.23. The summed E-state index contributed by atoms with van der Waals surface area (Å²) in [4.78, 5) is 4.72. The molecule has 1 heterocycles. The highest BCUT2D eigenvalue weighted by Gasteiger charge is 2.16. The van der Waals surface area contributed by atoms with Crippen LogP contribution in [0.15, 0.2) is 18.3 Å². The van der Waals surface area contributed by atoms with Crippen molar-refractivity contribution in [1.29, 1.82) is 0 Å². The minimum atomic E-state index is 0.712. The van der Waals surface area contributed by atoms with E-state index in [0.29, 0.717) is 5.92 Å². The summed E-state index contributed by atoms with van der Waals surface area (Å²) in [5, 5.41) is 0. The van der Waals surface area contributed by atoms with E-state index in [2.05, 4.69) is 19.1 Å². The molecule has 2 rings (SSSR count). The average molecular weight is 245 g/mol. The maximum Gasteiger partial charge on any atom is 0.0466 e. The minimum Gasteiger partial charge on any atom is -0.261 e. The molecule has 1 nitrogen and oxygen atoms in total. The van der Waals surface area contributed by atoms with Gasteiger partial charge in [0.2, 0.25) is 0 Å². The Balaban J connectivity index is 2.17. The second-order valence-electron chi connectivity index (χ2n) is 5.69. The van der Waals surface area contributed by atoms with Crippen LogP contribution in [0.4, 0.5) is 0 Å². The molecule has 1 aromatic heterocycles. The molecule has 0 saturated carbocycles. The zero-order chi connectivity index (χ0) is 12.6. The fourth-order valence-electron chi connectivity index (χ4n) is 3.21. The summed E-state index contributed by atoms with van der Waals surface area (Å²) < 4.78 is 0. The van der Waals surface area contributed by atoms with Gasteiger partial charge in [0.25, 0.3) is 0 Å². The first-order valence-corrected chi connectivity index (χ1v) is 7.85. The van der Waals surface area contributed by atoms with Gasteiger partial charge in [0.15, 0.2) is 0 Å². The van der Waals surface area contributed by atoms with E-state index < -0.39 is 0 Å². The van der Waals surface area contributed by atoms with Gasteiger partial charge in [0.1, 0.15) is 0 Å². The monoisotopic (exact) mass is 245 g/mol. The molecular weight excluding hydrogens is 218 g/mol. The van der Waals surface area contributed by atoms with E-state index in [4.69, 9.17) is 4.98 Å². The van der Waals surface area contributed by atoms with E-state index in [1.54, 1.807) is 0 Å². The van der Waals surface area contributed by atoms with Crippen LogP contribution in [0.1, 0.15) is 81.9 Å². The van der Waals surface area contributed by atoms with Crippen molar-refractivity contribution in [3.05, 3.63) is 29.6 Å². The van der Waals surface area contributed by atoms with Gasteiger partial charge in [-0.25, -0.2) is 0 Å². The van der Waals surface area contributed by atoms with Crippen LogP contribution in [0.2, 0.25) is 0 Å². The highest BCUT2D eigenvalue weighted by Crippen LogP contribution is 2.30. The van der Waals surface area contributed by atoms with Crippen molar-refractivity contribution in [1.82, 2.24) is 4.98 Å². The minimum absolute atomic E-state index is 0.712. The summed E-state index contributed by atoms with van der Waals surface area (Å²) >= 11 is 0. The number of nitrogens with zero attached hydrogens (tertiary/aromatic N) is 1. The fraction of sp³-hybridized carbons (Fsp3) is 0.706. The maximum absolute atomic E-state index is 4.72. The molecule has 0 radical (unpaired) electrons. The van der Waals surface area contributed by atoms with Gasteiger partial charge in [-0.05, 0) is 37.3 Å². The van der Waals surface area contributed by atoms with Crippen molar-refractivity contribution in [2.24, 2.45) is 0 Å². The smallest absolute Gasteiger partial charge is 0.0466 e. The van der Waals surface area contributed by atoms with Crippen molar-refractivity contribution >= 4 is 0 Å². The molecule has 100 valence electrons. The molecule has 0 aromatic carbocycles. The first kappa shape index (κ1) is 13.6. The third-order valence-corrected chi connectivity index (χ3v) is 4.20. The van der Waals surface area contributed by atoms with E-state index in [0.717, 1.165) is 0 Å². The van der Waals surface area contributed by atoms with E-state index in [9.17, 15) is 0 Å². The Labute approximate surface area is 112 Å². The molecule has 0 aliphatic heterocycles. The van der Waals surface area contributed by atoms with Crippen LogP contribution in [-0.4, -0.2) is 4.98 Å².